The number of aromatic hydroxyl groups is 1. The molecule has 0 aliphatic heterocycles. The Morgan fingerprint density at radius 2 is 2.40 bits per heavy atom. The number of nitrogens with zero attached hydrogens (tertiary/aromatic N) is 1. The van der Waals surface area contributed by atoms with Gasteiger partial charge >= 0.3 is 0 Å². The molecule has 0 amide bonds. The monoisotopic (exact) mass is 139 g/mol. The minimum absolute atomic E-state index is 0.167. The molecule has 1 rings (SSSR count). The lowest BCUT2D eigenvalue weighted by molar-refractivity contribution is 0.428. The second-order valence-electron chi connectivity index (χ2n) is 1.73. The fourth-order valence-corrected chi connectivity index (χ4v) is 0.595. The van der Waals surface area contributed by atoms with Crippen LogP contribution in [0.1, 0.15) is 5.69 Å². The summed E-state index contributed by atoms with van der Waals surface area (Å²) in [7, 11) is 0. The molecule has 1 aromatic heterocycles. The highest BCUT2D eigenvalue weighted by atomic mass is 19.1. The van der Waals surface area contributed by atoms with Gasteiger partial charge in [-0.3, -0.25) is 4.98 Å². The predicted molar refractivity (Wildman–Crippen MR) is 36.0 cm³/mol. The predicted octanol–water partition coefficient (Wildman–Crippen LogP) is 1.57. The Morgan fingerprint density at radius 3 is 2.90 bits per heavy atom. The number of pyridine rings is 1. The van der Waals surface area contributed by atoms with Crippen LogP contribution < -0.4 is 0 Å². The van der Waals surface area contributed by atoms with Crippen molar-refractivity contribution in [3.8, 4) is 5.75 Å². The third kappa shape index (κ3) is 0.978. The first kappa shape index (κ1) is 6.74. The second-order valence-corrected chi connectivity index (χ2v) is 1.73. The summed E-state index contributed by atoms with van der Waals surface area (Å²) < 4.78 is 12.4. The van der Waals surface area contributed by atoms with Gasteiger partial charge in [-0.15, -0.1) is 0 Å². The molecule has 3 heteroatoms. The maximum atomic E-state index is 12.4. The summed E-state index contributed by atoms with van der Waals surface area (Å²) >= 11 is 0. The van der Waals surface area contributed by atoms with Crippen molar-refractivity contribution < 1.29 is 9.50 Å². The van der Waals surface area contributed by atoms with Crippen molar-refractivity contribution in [1.29, 1.82) is 0 Å². The molecule has 0 atom stereocenters. The van der Waals surface area contributed by atoms with Gasteiger partial charge in [0.15, 0.2) is 11.6 Å². The van der Waals surface area contributed by atoms with E-state index < -0.39 is 11.6 Å². The normalized spacial score (nSPS) is 9.30. The van der Waals surface area contributed by atoms with Gasteiger partial charge < -0.3 is 5.11 Å². The minimum Gasteiger partial charge on any atom is -0.503 e. The Morgan fingerprint density at radius 1 is 1.70 bits per heavy atom. The van der Waals surface area contributed by atoms with Gasteiger partial charge in [0, 0.05) is 6.20 Å². The number of rotatable bonds is 1. The number of halogens is 1. The molecule has 1 heterocycles. The molecule has 0 saturated heterocycles. The highest BCUT2D eigenvalue weighted by Crippen LogP contribution is 2.18. The van der Waals surface area contributed by atoms with E-state index in [1.54, 1.807) is 0 Å². The summed E-state index contributed by atoms with van der Waals surface area (Å²) in [4.78, 5) is 3.65. The van der Waals surface area contributed by atoms with E-state index in [4.69, 9.17) is 5.11 Å². The van der Waals surface area contributed by atoms with E-state index in [1.807, 2.05) is 0 Å². The van der Waals surface area contributed by atoms with Crippen LogP contribution >= 0.6 is 0 Å². The Kier molecular flexibility index (Phi) is 1.67. The lowest BCUT2D eigenvalue weighted by Gasteiger charge is -1.96. The summed E-state index contributed by atoms with van der Waals surface area (Å²) in [5, 5.41) is 8.89. The first-order chi connectivity index (χ1) is 4.75. The summed E-state index contributed by atoms with van der Waals surface area (Å²) in [5.41, 5.74) is 0.167. The van der Waals surface area contributed by atoms with Gasteiger partial charge in [-0.05, 0) is 12.1 Å². The van der Waals surface area contributed by atoms with E-state index in [-0.39, 0.29) is 5.69 Å². The smallest absolute Gasteiger partial charge is 0.177 e. The van der Waals surface area contributed by atoms with Crippen LogP contribution in [0.5, 0.6) is 5.75 Å². The number of hydrogen-bond donors (Lipinski definition) is 1. The largest absolute Gasteiger partial charge is 0.503 e. The van der Waals surface area contributed by atoms with Gasteiger partial charge in [-0.25, -0.2) is 4.39 Å². The van der Waals surface area contributed by atoms with Gasteiger partial charge in [0.25, 0.3) is 0 Å². The van der Waals surface area contributed by atoms with E-state index in [9.17, 15) is 4.39 Å². The van der Waals surface area contributed by atoms with Gasteiger partial charge in [-0.2, -0.15) is 0 Å². The van der Waals surface area contributed by atoms with Gasteiger partial charge in [0.2, 0.25) is 0 Å². The van der Waals surface area contributed by atoms with Crippen LogP contribution in [0.25, 0.3) is 6.08 Å². The molecule has 0 aromatic carbocycles. The molecule has 2 nitrogen and oxygen atoms in total. The lowest BCUT2D eigenvalue weighted by Crippen LogP contribution is -1.83. The minimum atomic E-state index is -0.676. The SMILES string of the molecule is C=Cc1nccc(F)c1O. The molecule has 0 radical (unpaired) electrons. The second kappa shape index (κ2) is 2.47. The van der Waals surface area contributed by atoms with Crippen LogP contribution in [0, 0.1) is 5.82 Å². The molecule has 1 N–H and O–H groups in total. The Hall–Kier alpha value is -1.38. The third-order valence-electron chi connectivity index (χ3n) is 1.10. The molecule has 52 valence electrons. The lowest BCUT2D eigenvalue weighted by atomic mass is 10.3. The molecule has 0 aliphatic carbocycles. The van der Waals surface area contributed by atoms with Crippen molar-refractivity contribution in [2.45, 2.75) is 0 Å². The molecule has 10 heavy (non-hydrogen) atoms. The van der Waals surface area contributed by atoms with Crippen molar-refractivity contribution >= 4 is 6.08 Å². The topological polar surface area (TPSA) is 33.1 Å². The van der Waals surface area contributed by atoms with Crippen LogP contribution in [0.2, 0.25) is 0 Å². The first-order valence-corrected chi connectivity index (χ1v) is 2.71. The zero-order chi connectivity index (χ0) is 7.56. The van der Waals surface area contributed by atoms with Crippen LogP contribution in [-0.2, 0) is 0 Å². The molecule has 0 fully saturated rings. The highest BCUT2D eigenvalue weighted by Gasteiger charge is 2.02. The molecule has 0 unspecified atom stereocenters. The number of hydrogen-bond acceptors (Lipinski definition) is 2. The highest BCUT2D eigenvalue weighted by molar-refractivity contribution is 5.50. The molecular formula is C7H6FNO. The molecule has 0 bridgehead atoms. The van der Waals surface area contributed by atoms with Gasteiger partial charge in [0.1, 0.15) is 5.69 Å². The summed E-state index contributed by atoms with van der Waals surface area (Å²) in [6.07, 6.45) is 2.56. The van der Waals surface area contributed by atoms with E-state index in [2.05, 4.69) is 11.6 Å². The molecule has 0 saturated carbocycles. The Balaban J connectivity index is 3.27. The van der Waals surface area contributed by atoms with Crippen molar-refractivity contribution in [1.82, 2.24) is 4.98 Å². The standard InChI is InChI=1S/C7H6FNO/c1-2-6-7(10)5(8)3-4-9-6/h2-4,10H,1H2. The van der Waals surface area contributed by atoms with Crippen LogP contribution in [0.3, 0.4) is 0 Å². The maximum Gasteiger partial charge on any atom is 0.177 e. The fourth-order valence-electron chi connectivity index (χ4n) is 0.595. The molecular weight excluding hydrogens is 133 g/mol. The van der Waals surface area contributed by atoms with Crippen LogP contribution in [0.4, 0.5) is 4.39 Å². The summed E-state index contributed by atoms with van der Waals surface area (Å²) in [6, 6.07) is 1.09. The van der Waals surface area contributed by atoms with E-state index in [0.717, 1.165) is 6.07 Å². The van der Waals surface area contributed by atoms with Crippen LogP contribution in [-0.4, -0.2) is 10.1 Å². The van der Waals surface area contributed by atoms with E-state index in [0.29, 0.717) is 0 Å². The Bertz CT molecular complexity index is 260. The third-order valence-corrected chi connectivity index (χ3v) is 1.10. The quantitative estimate of drug-likeness (QED) is 0.640. The zero-order valence-electron chi connectivity index (χ0n) is 5.21. The van der Waals surface area contributed by atoms with Crippen LogP contribution in [0.15, 0.2) is 18.8 Å². The fraction of sp³-hybridized carbons (Fsp3) is 0. The molecule has 0 spiro atoms. The maximum absolute atomic E-state index is 12.4. The van der Waals surface area contributed by atoms with E-state index >= 15 is 0 Å². The Labute approximate surface area is 57.7 Å². The van der Waals surface area contributed by atoms with Crippen molar-refractivity contribution in [2.75, 3.05) is 0 Å². The van der Waals surface area contributed by atoms with Gasteiger partial charge in [-0.1, -0.05) is 6.58 Å². The zero-order valence-corrected chi connectivity index (χ0v) is 5.21. The van der Waals surface area contributed by atoms with Crippen molar-refractivity contribution in [2.24, 2.45) is 0 Å². The van der Waals surface area contributed by atoms with Gasteiger partial charge in [0.05, 0.1) is 0 Å². The van der Waals surface area contributed by atoms with E-state index in [1.165, 1.54) is 12.3 Å². The van der Waals surface area contributed by atoms with Crippen molar-refractivity contribution in [3.63, 3.8) is 0 Å². The molecule has 0 aliphatic rings. The molecule has 1 aromatic rings. The first-order valence-electron chi connectivity index (χ1n) is 2.71. The summed E-state index contributed by atoms with van der Waals surface area (Å²) in [6.45, 7) is 3.34. The average molecular weight is 139 g/mol. The summed E-state index contributed by atoms with van der Waals surface area (Å²) in [5.74, 6) is -1.12. The number of aromatic nitrogens is 1. The van der Waals surface area contributed by atoms with Crippen molar-refractivity contribution in [3.05, 3.63) is 30.4 Å². The average Bonchev–Trinajstić information content (AvgIpc) is 1.95.